The Labute approximate surface area is 242 Å². The molecule has 0 spiro atoms. The standard InChI is InChI=1S/C32H28N4O6/c1-3-41-25-18-14-24(15-19-25)34-29(37)27-6-4-5-7-28(27)35-30(38)31(39)36-33-20-22-10-16-26(17-11-22)42-32(40)23-12-8-21(2)9-13-23/h4-20H,3H2,1-2H3,(H,34,37)(H,35,38)(H,36,39)/b33-20+. The van der Waals surface area contributed by atoms with E-state index in [2.05, 4.69) is 21.2 Å². The molecule has 0 bridgehead atoms. The number of amides is 3. The lowest BCUT2D eigenvalue weighted by molar-refractivity contribution is -0.136. The third kappa shape index (κ3) is 8.12. The highest BCUT2D eigenvalue weighted by Gasteiger charge is 2.18. The highest BCUT2D eigenvalue weighted by atomic mass is 16.5. The number of rotatable bonds is 9. The molecule has 212 valence electrons. The van der Waals surface area contributed by atoms with Crippen LogP contribution in [0, 0.1) is 6.92 Å². The van der Waals surface area contributed by atoms with Gasteiger partial charge in [-0.05, 0) is 92.2 Å². The molecule has 0 saturated carbocycles. The van der Waals surface area contributed by atoms with Crippen LogP contribution >= 0.6 is 0 Å². The number of nitrogens with zero attached hydrogens (tertiary/aromatic N) is 1. The van der Waals surface area contributed by atoms with Crippen LogP contribution in [0.25, 0.3) is 0 Å². The van der Waals surface area contributed by atoms with Crippen molar-refractivity contribution >= 4 is 41.3 Å². The van der Waals surface area contributed by atoms with E-state index >= 15 is 0 Å². The van der Waals surface area contributed by atoms with Crippen molar-refractivity contribution in [2.24, 2.45) is 5.10 Å². The number of anilines is 2. The average Bonchev–Trinajstić information content (AvgIpc) is 2.99. The SMILES string of the molecule is CCOc1ccc(NC(=O)c2ccccc2NC(=O)C(=O)N/N=C/c2ccc(OC(=O)c3ccc(C)cc3)cc2)cc1. The Balaban J connectivity index is 1.29. The van der Waals surface area contributed by atoms with E-state index in [9.17, 15) is 19.2 Å². The summed E-state index contributed by atoms with van der Waals surface area (Å²) in [6, 6.07) is 26.6. The van der Waals surface area contributed by atoms with E-state index in [4.69, 9.17) is 9.47 Å². The molecule has 4 rings (SSSR count). The van der Waals surface area contributed by atoms with Crippen LogP contribution in [-0.4, -0.2) is 36.5 Å². The van der Waals surface area contributed by atoms with E-state index in [0.717, 1.165) is 5.56 Å². The first-order chi connectivity index (χ1) is 20.3. The maximum absolute atomic E-state index is 12.8. The molecule has 0 heterocycles. The molecule has 0 aliphatic heterocycles. The zero-order chi connectivity index (χ0) is 29.9. The molecule has 4 aromatic carbocycles. The fourth-order valence-corrected chi connectivity index (χ4v) is 3.66. The third-order valence-electron chi connectivity index (χ3n) is 5.81. The topological polar surface area (TPSA) is 135 Å². The molecule has 0 atom stereocenters. The van der Waals surface area contributed by atoms with Crippen molar-refractivity contribution in [1.82, 2.24) is 5.43 Å². The summed E-state index contributed by atoms with van der Waals surface area (Å²) in [5, 5.41) is 8.99. The van der Waals surface area contributed by atoms with Gasteiger partial charge >= 0.3 is 17.8 Å². The first-order valence-corrected chi connectivity index (χ1v) is 13.0. The molecule has 4 aromatic rings. The summed E-state index contributed by atoms with van der Waals surface area (Å²) in [4.78, 5) is 49.9. The Morgan fingerprint density at radius 2 is 1.43 bits per heavy atom. The number of nitrogens with one attached hydrogen (secondary N) is 3. The summed E-state index contributed by atoms with van der Waals surface area (Å²) in [5.74, 6) is -1.98. The molecule has 0 unspecified atom stereocenters. The minimum atomic E-state index is -1.03. The quantitative estimate of drug-likeness (QED) is 0.0865. The molecule has 3 amide bonds. The second-order valence-corrected chi connectivity index (χ2v) is 8.93. The van der Waals surface area contributed by atoms with Crippen molar-refractivity contribution in [2.75, 3.05) is 17.2 Å². The molecule has 42 heavy (non-hydrogen) atoms. The Morgan fingerprint density at radius 1 is 0.762 bits per heavy atom. The summed E-state index contributed by atoms with van der Waals surface area (Å²) in [5.41, 5.74) is 5.06. The zero-order valence-electron chi connectivity index (χ0n) is 22.9. The predicted molar refractivity (Wildman–Crippen MR) is 159 cm³/mol. The molecular weight excluding hydrogens is 536 g/mol. The van der Waals surface area contributed by atoms with E-state index in [1.807, 2.05) is 26.0 Å². The summed E-state index contributed by atoms with van der Waals surface area (Å²) >= 11 is 0. The monoisotopic (exact) mass is 564 g/mol. The highest BCUT2D eigenvalue weighted by molar-refractivity contribution is 6.40. The van der Waals surface area contributed by atoms with Gasteiger partial charge in [0, 0.05) is 5.69 Å². The number of hydrogen-bond acceptors (Lipinski definition) is 7. The summed E-state index contributed by atoms with van der Waals surface area (Å²) in [7, 11) is 0. The van der Waals surface area contributed by atoms with Crippen molar-refractivity contribution in [3.8, 4) is 11.5 Å². The van der Waals surface area contributed by atoms with Gasteiger partial charge in [-0.2, -0.15) is 5.10 Å². The summed E-state index contributed by atoms with van der Waals surface area (Å²) < 4.78 is 10.8. The van der Waals surface area contributed by atoms with Gasteiger partial charge in [-0.1, -0.05) is 29.8 Å². The van der Waals surface area contributed by atoms with Gasteiger partial charge in [0.25, 0.3) is 5.91 Å². The Morgan fingerprint density at radius 3 is 2.12 bits per heavy atom. The fraction of sp³-hybridized carbons (Fsp3) is 0.0938. The Kier molecular flexibility index (Phi) is 9.76. The van der Waals surface area contributed by atoms with Gasteiger partial charge in [0.05, 0.1) is 29.6 Å². The van der Waals surface area contributed by atoms with Gasteiger partial charge in [-0.25, -0.2) is 10.2 Å². The first kappa shape index (κ1) is 29.2. The molecule has 10 heteroatoms. The molecule has 0 aliphatic carbocycles. The van der Waals surface area contributed by atoms with E-state index in [1.165, 1.54) is 18.3 Å². The van der Waals surface area contributed by atoms with Gasteiger partial charge in [0.15, 0.2) is 0 Å². The van der Waals surface area contributed by atoms with Gasteiger partial charge in [-0.15, -0.1) is 0 Å². The number of hydrogen-bond donors (Lipinski definition) is 3. The number of hydrazone groups is 1. The van der Waals surface area contributed by atoms with Gasteiger partial charge in [0.2, 0.25) is 0 Å². The van der Waals surface area contributed by atoms with Crippen LogP contribution in [0.1, 0.15) is 38.8 Å². The number of ether oxygens (including phenoxy) is 2. The maximum atomic E-state index is 12.8. The normalized spacial score (nSPS) is 10.5. The number of carbonyl (C=O) groups excluding carboxylic acids is 4. The molecule has 0 aromatic heterocycles. The molecular formula is C32H28N4O6. The molecule has 0 aliphatic rings. The van der Waals surface area contributed by atoms with Crippen molar-refractivity contribution in [3.63, 3.8) is 0 Å². The molecule has 0 fully saturated rings. The van der Waals surface area contributed by atoms with Crippen LogP contribution in [0.3, 0.4) is 0 Å². The lowest BCUT2D eigenvalue weighted by Gasteiger charge is -2.11. The largest absolute Gasteiger partial charge is 0.494 e. The van der Waals surface area contributed by atoms with Crippen molar-refractivity contribution < 1.29 is 28.7 Å². The molecule has 0 saturated heterocycles. The lowest BCUT2D eigenvalue weighted by atomic mass is 10.1. The summed E-state index contributed by atoms with van der Waals surface area (Å²) in [6.45, 7) is 4.33. The molecule has 10 nitrogen and oxygen atoms in total. The van der Waals surface area contributed by atoms with E-state index in [0.29, 0.717) is 34.9 Å². The van der Waals surface area contributed by atoms with Gasteiger partial charge < -0.3 is 20.1 Å². The van der Waals surface area contributed by atoms with E-state index in [1.54, 1.807) is 72.8 Å². The first-order valence-electron chi connectivity index (χ1n) is 13.0. The Hall–Kier alpha value is -5.77. The number of esters is 1. The minimum Gasteiger partial charge on any atom is -0.494 e. The van der Waals surface area contributed by atoms with Gasteiger partial charge in [0.1, 0.15) is 11.5 Å². The fourth-order valence-electron chi connectivity index (χ4n) is 3.66. The van der Waals surface area contributed by atoms with Gasteiger partial charge in [-0.3, -0.25) is 14.4 Å². The second kappa shape index (κ2) is 14.0. The predicted octanol–water partition coefficient (Wildman–Crippen LogP) is 4.95. The number of para-hydroxylation sites is 1. The third-order valence-corrected chi connectivity index (χ3v) is 5.81. The highest BCUT2D eigenvalue weighted by Crippen LogP contribution is 2.20. The minimum absolute atomic E-state index is 0.154. The second-order valence-electron chi connectivity index (χ2n) is 8.93. The van der Waals surface area contributed by atoms with Crippen LogP contribution in [0.5, 0.6) is 11.5 Å². The Bertz CT molecular complexity index is 1600. The van der Waals surface area contributed by atoms with E-state index in [-0.39, 0.29) is 11.3 Å². The van der Waals surface area contributed by atoms with Crippen LogP contribution in [-0.2, 0) is 9.59 Å². The van der Waals surface area contributed by atoms with Crippen LogP contribution in [0.15, 0.2) is 102 Å². The number of aryl methyl sites for hydroxylation is 1. The zero-order valence-corrected chi connectivity index (χ0v) is 22.9. The van der Waals surface area contributed by atoms with Crippen molar-refractivity contribution in [3.05, 3.63) is 119 Å². The summed E-state index contributed by atoms with van der Waals surface area (Å²) in [6.07, 6.45) is 1.33. The number of carbonyl (C=O) groups is 4. The average molecular weight is 565 g/mol. The van der Waals surface area contributed by atoms with E-state index < -0.39 is 23.7 Å². The van der Waals surface area contributed by atoms with Crippen molar-refractivity contribution in [2.45, 2.75) is 13.8 Å². The maximum Gasteiger partial charge on any atom is 0.343 e. The lowest BCUT2D eigenvalue weighted by Crippen LogP contribution is -2.33. The van der Waals surface area contributed by atoms with Crippen LogP contribution in [0.4, 0.5) is 11.4 Å². The smallest absolute Gasteiger partial charge is 0.343 e. The number of benzene rings is 4. The van der Waals surface area contributed by atoms with Crippen LogP contribution < -0.4 is 25.5 Å². The van der Waals surface area contributed by atoms with Crippen LogP contribution in [0.2, 0.25) is 0 Å². The molecule has 3 N–H and O–H groups in total. The molecule has 0 radical (unpaired) electrons. The van der Waals surface area contributed by atoms with Crippen molar-refractivity contribution in [1.29, 1.82) is 0 Å².